The first-order valence-corrected chi connectivity index (χ1v) is 7.15. The largest absolute Gasteiger partial charge is 0.389 e. The van der Waals surface area contributed by atoms with Crippen LogP contribution in [0.3, 0.4) is 0 Å². The third-order valence-electron chi connectivity index (χ3n) is 4.00. The van der Waals surface area contributed by atoms with Crippen LogP contribution >= 0.6 is 0 Å². The number of nitro groups is 1. The molecule has 20 heavy (non-hydrogen) atoms. The van der Waals surface area contributed by atoms with Crippen molar-refractivity contribution in [3.05, 3.63) is 39.9 Å². The molecule has 0 heterocycles. The predicted octanol–water partition coefficient (Wildman–Crippen LogP) is 2.63. The number of hydrogen-bond donors (Lipinski definition) is 2. The highest BCUT2D eigenvalue weighted by Gasteiger charge is 2.31. The van der Waals surface area contributed by atoms with Gasteiger partial charge in [-0.2, -0.15) is 0 Å². The highest BCUT2D eigenvalue weighted by molar-refractivity contribution is 5.32. The van der Waals surface area contributed by atoms with Crippen molar-refractivity contribution in [1.29, 1.82) is 0 Å². The van der Waals surface area contributed by atoms with E-state index in [1.54, 1.807) is 12.1 Å². The van der Waals surface area contributed by atoms with E-state index in [0.717, 1.165) is 24.8 Å². The van der Waals surface area contributed by atoms with Gasteiger partial charge in [0.2, 0.25) is 0 Å². The maximum Gasteiger partial charge on any atom is 0.269 e. The van der Waals surface area contributed by atoms with Crippen molar-refractivity contribution >= 4 is 5.69 Å². The molecule has 1 aliphatic rings. The molecule has 110 valence electrons. The summed E-state index contributed by atoms with van der Waals surface area (Å²) < 4.78 is 0. The summed E-state index contributed by atoms with van der Waals surface area (Å²) in [5.74, 6) is 0.579. The molecule has 1 aliphatic carbocycles. The van der Waals surface area contributed by atoms with Crippen LogP contribution in [0.5, 0.6) is 0 Å². The van der Waals surface area contributed by atoms with Crippen LogP contribution < -0.4 is 5.32 Å². The minimum atomic E-state index is -0.599. The number of rotatable bonds is 5. The number of nitrogens with one attached hydrogen (secondary N) is 1. The van der Waals surface area contributed by atoms with Crippen LogP contribution in [0.15, 0.2) is 24.3 Å². The zero-order chi connectivity index (χ0) is 14.6. The third kappa shape index (κ3) is 4.02. The summed E-state index contributed by atoms with van der Waals surface area (Å²) in [6, 6.07) is 6.51. The summed E-state index contributed by atoms with van der Waals surface area (Å²) in [7, 11) is 0. The second-order valence-electron chi connectivity index (χ2n) is 5.95. The molecule has 0 amide bonds. The lowest BCUT2D eigenvalue weighted by Gasteiger charge is -2.35. The van der Waals surface area contributed by atoms with E-state index in [1.807, 2.05) is 0 Å². The van der Waals surface area contributed by atoms with Gasteiger partial charge in [-0.3, -0.25) is 10.1 Å². The van der Waals surface area contributed by atoms with Gasteiger partial charge < -0.3 is 10.4 Å². The summed E-state index contributed by atoms with van der Waals surface area (Å²) >= 11 is 0. The van der Waals surface area contributed by atoms with Gasteiger partial charge in [-0.15, -0.1) is 0 Å². The Morgan fingerprint density at radius 3 is 2.75 bits per heavy atom. The molecule has 5 nitrogen and oxygen atoms in total. The Balaban J connectivity index is 1.82. The molecule has 1 saturated carbocycles. The fraction of sp³-hybridized carbons (Fsp3) is 0.600. The van der Waals surface area contributed by atoms with Gasteiger partial charge in [-0.25, -0.2) is 0 Å². The van der Waals surface area contributed by atoms with E-state index in [9.17, 15) is 15.2 Å². The lowest BCUT2D eigenvalue weighted by molar-refractivity contribution is -0.384. The fourth-order valence-corrected chi connectivity index (χ4v) is 2.97. The molecule has 0 spiro atoms. The lowest BCUT2D eigenvalue weighted by Crippen LogP contribution is -2.43. The summed E-state index contributed by atoms with van der Waals surface area (Å²) in [5, 5.41) is 24.3. The molecule has 0 aliphatic heterocycles. The predicted molar refractivity (Wildman–Crippen MR) is 77.4 cm³/mol. The van der Waals surface area contributed by atoms with E-state index in [2.05, 4.69) is 12.2 Å². The molecular formula is C15H22N2O3. The quantitative estimate of drug-likeness (QED) is 0.641. The second-order valence-corrected chi connectivity index (χ2v) is 5.95. The van der Waals surface area contributed by atoms with E-state index in [-0.39, 0.29) is 5.69 Å². The van der Waals surface area contributed by atoms with Crippen LogP contribution in [-0.2, 0) is 6.54 Å². The molecule has 0 aromatic heterocycles. The SMILES string of the molecule is CC1CCCC(O)(CNCc2ccc([N+](=O)[O-])cc2)C1. The van der Waals surface area contributed by atoms with Crippen LogP contribution in [0.25, 0.3) is 0 Å². The van der Waals surface area contributed by atoms with Crippen molar-refractivity contribution in [2.24, 2.45) is 5.92 Å². The van der Waals surface area contributed by atoms with E-state index in [0.29, 0.717) is 19.0 Å². The number of non-ortho nitro benzene ring substituents is 1. The highest BCUT2D eigenvalue weighted by Crippen LogP contribution is 2.31. The first-order valence-electron chi connectivity index (χ1n) is 7.15. The molecule has 1 aromatic rings. The Morgan fingerprint density at radius 1 is 1.45 bits per heavy atom. The molecule has 2 unspecified atom stereocenters. The van der Waals surface area contributed by atoms with Crippen LogP contribution in [0.2, 0.25) is 0 Å². The molecule has 5 heteroatoms. The van der Waals surface area contributed by atoms with Gasteiger partial charge in [0, 0.05) is 25.2 Å². The monoisotopic (exact) mass is 278 g/mol. The van der Waals surface area contributed by atoms with Gasteiger partial charge in [-0.05, 0) is 24.3 Å². The molecule has 2 rings (SSSR count). The van der Waals surface area contributed by atoms with Gasteiger partial charge in [0.15, 0.2) is 0 Å². The Bertz CT molecular complexity index is 461. The minimum Gasteiger partial charge on any atom is -0.389 e. The van der Waals surface area contributed by atoms with Crippen LogP contribution in [0, 0.1) is 16.0 Å². The normalized spacial score (nSPS) is 26.4. The third-order valence-corrected chi connectivity index (χ3v) is 4.00. The van der Waals surface area contributed by atoms with Crippen molar-refractivity contribution in [2.45, 2.75) is 44.8 Å². The fourth-order valence-electron chi connectivity index (χ4n) is 2.97. The van der Waals surface area contributed by atoms with Crippen molar-refractivity contribution in [2.75, 3.05) is 6.54 Å². The minimum absolute atomic E-state index is 0.105. The maximum absolute atomic E-state index is 10.6. The van der Waals surface area contributed by atoms with Gasteiger partial charge >= 0.3 is 0 Å². The van der Waals surface area contributed by atoms with Gasteiger partial charge in [-0.1, -0.05) is 31.9 Å². The number of hydrogen-bond acceptors (Lipinski definition) is 4. The number of nitro benzene ring substituents is 1. The van der Waals surface area contributed by atoms with Gasteiger partial charge in [0.05, 0.1) is 10.5 Å². The lowest BCUT2D eigenvalue weighted by atomic mass is 9.79. The highest BCUT2D eigenvalue weighted by atomic mass is 16.6. The summed E-state index contributed by atoms with van der Waals surface area (Å²) in [4.78, 5) is 10.2. The molecule has 0 saturated heterocycles. The van der Waals surface area contributed by atoms with Crippen molar-refractivity contribution in [3.8, 4) is 0 Å². The van der Waals surface area contributed by atoms with Gasteiger partial charge in [0.25, 0.3) is 5.69 Å². The van der Waals surface area contributed by atoms with E-state index in [1.165, 1.54) is 18.6 Å². The second kappa shape index (κ2) is 6.33. The first kappa shape index (κ1) is 14.9. The molecule has 2 N–H and O–H groups in total. The van der Waals surface area contributed by atoms with Crippen molar-refractivity contribution in [3.63, 3.8) is 0 Å². The summed E-state index contributed by atoms with van der Waals surface area (Å²) in [6.45, 7) is 3.38. The van der Waals surface area contributed by atoms with E-state index in [4.69, 9.17) is 0 Å². The summed E-state index contributed by atoms with van der Waals surface area (Å²) in [6.07, 6.45) is 3.98. The average Bonchev–Trinajstić information content (AvgIpc) is 2.38. The number of nitrogens with zero attached hydrogens (tertiary/aromatic N) is 1. The molecule has 1 aromatic carbocycles. The van der Waals surface area contributed by atoms with Crippen LogP contribution in [-0.4, -0.2) is 22.2 Å². The Kier molecular flexibility index (Phi) is 4.73. The topological polar surface area (TPSA) is 75.4 Å². The van der Waals surface area contributed by atoms with Crippen LogP contribution in [0.1, 0.15) is 38.2 Å². The number of aliphatic hydroxyl groups is 1. The molecule has 0 radical (unpaired) electrons. The van der Waals surface area contributed by atoms with Gasteiger partial charge in [0.1, 0.15) is 0 Å². The molecule has 1 fully saturated rings. The smallest absolute Gasteiger partial charge is 0.269 e. The van der Waals surface area contributed by atoms with Crippen molar-refractivity contribution in [1.82, 2.24) is 5.32 Å². The Morgan fingerprint density at radius 2 is 2.15 bits per heavy atom. The molecular weight excluding hydrogens is 256 g/mol. The Hall–Kier alpha value is -1.46. The maximum atomic E-state index is 10.6. The first-order chi connectivity index (χ1) is 9.48. The standard InChI is InChI=1S/C15H22N2O3/c1-12-3-2-8-15(18,9-12)11-16-10-13-4-6-14(7-5-13)17(19)20/h4-7,12,16,18H,2-3,8-11H2,1H3. The van der Waals surface area contributed by atoms with E-state index < -0.39 is 10.5 Å². The van der Waals surface area contributed by atoms with Crippen LogP contribution in [0.4, 0.5) is 5.69 Å². The molecule has 0 bridgehead atoms. The molecule has 2 atom stereocenters. The summed E-state index contributed by atoms with van der Waals surface area (Å²) in [5.41, 5.74) is 0.495. The number of benzene rings is 1. The zero-order valence-electron chi connectivity index (χ0n) is 11.8. The van der Waals surface area contributed by atoms with E-state index >= 15 is 0 Å². The average molecular weight is 278 g/mol. The Labute approximate surface area is 119 Å². The van der Waals surface area contributed by atoms with Crippen molar-refractivity contribution < 1.29 is 10.0 Å². The zero-order valence-corrected chi connectivity index (χ0v) is 11.8.